The molecule has 1 atom stereocenters. The first-order valence-corrected chi connectivity index (χ1v) is 12.8. The number of carbonyl (C=O) groups excluding carboxylic acids is 1. The number of benzene rings is 3. The van der Waals surface area contributed by atoms with E-state index in [4.69, 9.17) is 16.3 Å². The molecular weight excluding hydrogens is 513 g/mol. The Morgan fingerprint density at radius 2 is 1.64 bits per heavy atom. The zero-order valence-electron chi connectivity index (χ0n) is 20.4. The SMILES string of the molecule is CC(C)(Cc1ccc(S(=O)(=O)c2ccc(OCC(=O)[O-])cc2)cc1)NC[C@H](O)c1cccc(Cl)c1.[Na+]. The summed E-state index contributed by atoms with van der Waals surface area (Å²) in [5.41, 5.74) is 1.31. The van der Waals surface area contributed by atoms with Gasteiger partial charge in [-0.05, 0) is 79.9 Å². The Hall–Kier alpha value is -1.91. The Kier molecular flexibility index (Phi) is 11.0. The van der Waals surface area contributed by atoms with Crippen LogP contribution < -0.4 is 44.7 Å². The number of carboxylic acids is 1. The van der Waals surface area contributed by atoms with Crippen LogP contribution in [0.2, 0.25) is 5.02 Å². The van der Waals surface area contributed by atoms with Crippen LogP contribution >= 0.6 is 11.6 Å². The summed E-state index contributed by atoms with van der Waals surface area (Å²) in [6, 6.07) is 19.3. The monoisotopic (exact) mass is 539 g/mol. The summed E-state index contributed by atoms with van der Waals surface area (Å²) >= 11 is 6.00. The number of halogens is 1. The molecule has 36 heavy (non-hydrogen) atoms. The summed E-state index contributed by atoms with van der Waals surface area (Å²) in [4.78, 5) is 10.7. The van der Waals surface area contributed by atoms with Crippen molar-refractivity contribution in [2.45, 2.75) is 41.7 Å². The zero-order valence-corrected chi connectivity index (χ0v) is 24.0. The summed E-state index contributed by atoms with van der Waals surface area (Å²) < 4.78 is 30.9. The normalized spacial score (nSPS) is 12.4. The molecule has 0 saturated carbocycles. The van der Waals surface area contributed by atoms with Crippen LogP contribution in [0.1, 0.15) is 31.1 Å². The summed E-state index contributed by atoms with van der Waals surface area (Å²) in [5.74, 6) is -1.13. The molecule has 0 bridgehead atoms. The predicted molar refractivity (Wildman–Crippen MR) is 131 cm³/mol. The molecule has 0 heterocycles. The number of β-amino-alcohol motifs (C(OH)–C–C–N with tert-alkyl or cyclic N) is 1. The number of ether oxygens (including phenoxy) is 1. The van der Waals surface area contributed by atoms with E-state index in [1.165, 1.54) is 24.3 Å². The van der Waals surface area contributed by atoms with Crippen molar-refractivity contribution in [2.75, 3.05) is 13.2 Å². The van der Waals surface area contributed by atoms with Crippen molar-refractivity contribution in [3.05, 3.63) is 88.9 Å². The van der Waals surface area contributed by atoms with E-state index in [0.29, 0.717) is 18.0 Å². The van der Waals surface area contributed by atoms with Crippen LogP contribution in [0.15, 0.2) is 82.6 Å². The van der Waals surface area contributed by atoms with Crippen molar-refractivity contribution < 1.29 is 57.7 Å². The molecule has 3 aromatic rings. The van der Waals surface area contributed by atoms with Gasteiger partial charge < -0.3 is 25.1 Å². The van der Waals surface area contributed by atoms with Gasteiger partial charge in [0, 0.05) is 17.1 Å². The second-order valence-corrected chi connectivity index (χ2v) is 11.2. The summed E-state index contributed by atoms with van der Waals surface area (Å²) in [7, 11) is -3.75. The third-order valence-corrected chi connectivity index (χ3v) is 7.40. The summed E-state index contributed by atoms with van der Waals surface area (Å²) in [6.45, 7) is 3.74. The molecule has 2 N–H and O–H groups in total. The summed E-state index contributed by atoms with van der Waals surface area (Å²) in [6.07, 6.45) is -0.0989. The third-order valence-electron chi connectivity index (χ3n) is 5.38. The largest absolute Gasteiger partial charge is 1.00 e. The van der Waals surface area contributed by atoms with Crippen molar-refractivity contribution >= 4 is 27.4 Å². The topological polar surface area (TPSA) is 116 Å². The van der Waals surface area contributed by atoms with Crippen molar-refractivity contribution in [3.63, 3.8) is 0 Å². The van der Waals surface area contributed by atoms with Gasteiger partial charge in [0.05, 0.1) is 21.9 Å². The van der Waals surface area contributed by atoms with Crippen LogP contribution in [0, 0.1) is 0 Å². The number of carboxylic acid groups (broad SMARTS) is 1. The maximum absolute atomic E-state index is 12.9. The first kappa shape index (κ1) is 30.3. The van der Waals surface area contributed by atoms with Gasteiger partial charge in [-0.2, -0.15) is 0 Å². The number of hydrogen-bond donors (Lipinski definition) is 2. The fraction of sp³-hybridized carbons (Fsp3) is 0.269. The average Bonchev–Trinajstić information content (AvgIpc) is 2.81. The van der Waals surface area contributed by atoms with Crippen molar-refractivity contribution in [3.8, 4) is 5.75 Å². The average molecular weight is 540 g/mol. The van der Waals surface area contributed by atoms with Crippen LogP contribution in [-0.2, 0) is 21.1 Å². The van der Waals surface area contributed by atoms with E-state index in [-0.39, 0.29) is 50.6 Å². The van der Waals surface area contributed by atoms with Crippen molar-refractivity contribution in [2.24, 2.45) is 0 Å². The zero-order chi connectivity index (χ0) is 25.6. The van der Waals surface area contributed by atoms with Gasteiger partial charge in [-0.25, -0.2) is 8.42 Å². The fourth-order valence-electron chi connectivity index (χ4n) is 3.56. The first-order chi connectivity index (χ1) is 16.5. The molecule has 0 spiro atoms. The predicted octanol–water partition coefficient (Wildman–Crippen LogP) is -0.0502. The quantitative estimate of drug-likeness (QED) is 0.328. The molecule has 10 heteroatoms. The number of aliphatic hydroxyl groups excluding tert-OH is 1. The molecule has 186 valence electrons. The van der Waals surface area contributed by atoms with Crippen LogP contribution in [0.4, 0.5) is 0 Å². The molecule has 3 rings (SSSR count). The number of nitrogens with one attached hydrogen (secondary N) is 1. The maximum atomic E-state index is 12.9. The third kappa shape index (κ3) is 8.59. The van der Waals surface area contributed by atoms with Gasteiger partial charge in [0.25, 0.3) is 0 Å². The van der Waals surface area contributed by atoms with Gasteiger partial charge in [-0.1, -0.05) is 35.9 Å². The molecule has 0 aliphatic heterocycles. The van der Waals surface area contributed by atoms with Gasteiger partial charge in [0.2, 0.25) is 9.84 Å². The van der Waals surface area contributed by atoms with Gasteiger partial charge in [0.15, 0.2) is 0 Å². The minimum atomic E-state index is -3.75. The fourth-order valence-corrected chi connectivity index (χ4v) is 5.02. The second-order valence-electron chi connectivity index (χ2n) is 8.79. The number of carbonyl (C=O) groups is 1. The standard InChI is InChI=1S/C26H28ClNO6S.Na/c1-26(2,28-16-24(29)19-4-3-5-20(27)14-19)15-18-6-10-22(11-7-18)35(32,33)23-12-8-21(9-13-23)34-17-25(30)31;/h3-14,24,28-29H,15-17H2,1-2H3,(H,30,31);/q;+1/p-1/t24-;/m0./s1. The van der Waals surface area contributed by atoms with E-state index in [1.807, 2.05) is 19.9 Å². The number of sulfone groups is 1. The molecular formula is C26H27ClNNaO6S. The van der Waals surface area contributed by atoms with E-state index >= 15 is 0 Å². The smallest absolute Gasteiger partial charge is 0.546 e. The van der Waals surface area contributed by atoms with Crippen LogP contribution in [0.3, 0.4) is 0 Å². The van der Waals surface area contributed by atoms with Gasteiger partial charge in [-0.3, -0.25) is 0 Å². The molecule has 0 fully saturated rings. The Morgan fingerprint density at radius 3 is 2.19 bits per heavy atom. The molecule has 0 aliphatic carbocycles. The van der Waals surface area contributed by atoms with Crippen LogP contribution in [0.25, 0.3) is 0 Å². The number of aliphatic carboxylic acids is 1. The Labute approximate surface area is 238 Å². The van der Waals surface area contributed by atoms with Crippen LogP contribution in [0.5, 0.6) is 5.75 Å². The Morgan fingerprint density at radius 1 is 1.06 bits per heavy atom. The minimum absolute atomic E-state index is 0. The van der Waals surface area contributed by atoms with E-state index in [2.05, 4.69) is 5.32 Å². The van der Waals surface area contributed by atoms with E-state index < -0.39 is 28.5 Å². The number of hydrogen-bond acceptors (Lipinski definition) is 7. The Bertz CT molecular complexity index is 1260. The summed E-state index contributed by atoms with van der Waals surface area (Å²) in [5, 5.41) is 24.9. The molecule has 0 radical (unpaired) electrons. The molecule has 0 aliphatic rings. The second kappa shape index (κ2) is 13.1. The molecule has 0 amide bonds. The van der Waals surface area contributed by atoms with Crippen LogP contribution in [-0.4, -0.2) is 38.2 Å². The Balaban J connectivity index is 0.00000456. The number of rotatable bonds is 11. The van der Waals surface area contributed by atoms with E-state index in [1.54, 1.807) is 42.5 Å². The maximum Gasteiger partial charge on any atom is 1.00 e. The molecule has 0 unspecified atom stereocenters. The molecule has 3 aromatic carbocycles. The molecule has 7 nitrogen and oxygen atoms in total. The number of aliphatic hydroxyl groups is 1. The minimum Gasteiger partial charge on any atom is -0.546 e. The van der Waals surface area contributed by atoms with Gasteiger partial charge in [0.1, 0.15) is 12.4 Å². The van der Waals surface area contributed by atoms with E-state index in [9.17, 15) is 23.4 Å². The van der Waals surface area contributed by atoms with Crippen molar-refractivity contribution in [1.82, 2.24) is 5.32 Å². The van der Waals surface area contributed by atoms with E-state index in [0.717, 1.165) is 11.1 Å². The van der Waals surface area contributed by atoms with Crippen molar-refractivity contribution in [1.29, 1.82) is 0 Å². The first-order valence-electron chi connectivity index (χ1n) is 10.9. The van der Waals surface area contributed by atoms with Gasteiger partial charge >= 0.3 is 29.6 Å². The molecule has 0 aromatic heterocycles. The van der Waals surface area contributed by atoms with Gasteiger partial charge in [-0.15, -0.1) is 0 Å². The molecule has 0 saturated heterocycles.